The van der Waals surface area contributed by atoms with Gasteiger partial charge in [-0.3, -0.25) is 14.3 Å². The number of carbonyl (C=O) groups is 1. The summed E-state index contributed by atoms with van der Waals surface area (Å²) in [4.78, 5) is 26.4. The van der Waals surface area contributed by atoms with Crippen molar-refractivity contribution < 1.29 is 4.79 Å². The predicted molar refractivity (Wildman–Crippen MR) is 91.2 cm³/mol. The summed E-state index contributed by atoms with van der Waals surface area (Å²) in [6.45, 7) is 4.33. The number of aromatic amines is 1. The zero-order chi connectivity index (χ0) is 16.9. The van der Waals surface area contributed by atoms with Crippen molar-refractivity contribution in [1.82, 2.24) is 25.4 Å². The van der Waals surface area contributed by atoms with Crippen LogP contribution in [0.4, 0.5) is 0 Å². The molecule has 1 amide bonds. The number of hydrogen-bond donors (Lipinski definition) is 3. The summed E-state index contributed by atoms with van der Waals surface area (Å²) in [5.41, 5.74) is 1.10. The number of aromatic nitrogens is 3. The highest BCUT2D eigenvalue weighted by atomic mass is 16.2. The highest BCUT2D eigenvalue weighted by molar-refractivity contribution is 5.92. The number of pyridine rings is 1. The van der Waals surface area contributed by atoms with Gasteiger partial charge in [0.15, 0.2) is 0 Å². The Hall–Kier alpha value is -2.41. The van der Waals surface area contributed by atoms with Crippen LogP contribution in [0.5, 0.6) is 0 Å². The third-order valence-electron chi connectivity index (χ3n) is 4.38. The van der Waals surface area contributed by atoms with Gasteiger partial charge in [-0.1, -0.05) is 13.0 Å². The lowest BCUT2D eigenvalue weighted by atomic mass is 10.1. The minimum Gasteiger partial charge on any atom is -0.350 e. The molecule has 3 rings (SSSR count). The second-order valence-electron chi connectivity index (χ2n) is 6.26. The number of nitrogens with zero attached hydrogens (tertiary/aromatic N) is 2. The molecule has 0 aromatic carbocycles. The SMILES string of the molecule is C[C@@H](CNC(=O)c1ccn([C@H]2CCCNC2)n1)c1cccc(=O)[nH]1. The topological polar surface area (TPSA) is 91.8 Å². The van der Waals surface area contributed by atoms with E-state index in [0.29, 0.717) is 18.3 Å². The Morgan fingerprint density at radius 3 is 3.08 bits per heavy atom. The van der Waals surface area contributed by atoms with Crippen molar-refractivity contribution in [2.45, 2.75) is 31.7 Å². The fourth-order valence-electron chi connectivity index (χ4n) is 2.92. The zero-order valence-corrected chi connectivity index (χ0v) is 13.8. The molecule has 0 bridgehead atoms. The molecule has 1 fully saturated rings. The molecule has 2 atom stereocenters. The van der Waals surface area contributed by atoms with Crippen molar-refractivity contribution in [3.8, 4) is 0 Å². The number of H-pyrrole nitrogens is 1. The Labute approximate surface area is 140 Å². The van der Waals surface area contributed by atoms with Gasteiger partial charge >= 0.3 is 0 Å². The molecule has 7 nitrogen and oxygen atoms in total. The zero-order valence-electron chi connectivity index (χ0n) is 13.8. The van der Waals surface area contributed by atoms with Crippen LogP contribution in [-0.2, 0) is 0 Å². The monoisotopic (exact) mass is 329 g/mol. The van der Waals surface area contributed by atoms with Crippen LogP contribution in [0.25, 0.3) is 0 Å². The van der Waals surface area contributed by atoms with Crippen LogP contribution < -0.4 is 16.2 Å². The molecule has 2 aromatic rings. The van der Waals surface area contributed by atoms with E-state index in [-0.39, 0.29) is 17.4 Å². The molecular formula is C17H23N5O2. The van der Waals surface area contributed by atoms with E-state index in [1.165, 1.54) is 6.07 Å². The Bertz CT molecular complexity index is 745. The van der Waals surface area contributed by atoms with E-state index >= 15 is 0 Å². The molecule has 3 N–H and O–H groups in total. The molecule has 0 radical (unpaired) electrons. The second-order valence-corrected chi connectivity index (χ2v) is 6.26. The third-order valence-corrected chi connectivity index (χ3v) is 4.38. The number of piperidine rings is 1. The highest BCUT2D eigenvalue weighted by Crippen LogP contribution is 2.16. The van der Waals surface area contributed by atoms with Crippen LogP contribution >= 0.6 is 0 Å². The van der Waals surface area contributed by atoms with Crippen molar-refractivity contribution in [2.75, 3.05) is 19.6 Å². The van der Waals surface area contributed by atoms with Crippen LogP contribution in [0.2, 0.25) is 0 Å². The molecule has 0 aliphatic carbocycles. The third kappa shape index (κ3) is 3.91. The van der Waals surface area contributed by atoms with Crippen molar-refractivity contribution in [2.24, 2.45) is 0 Å². The lowest BCUT2D eigenvalue weighted by molar-refractivity contribution is 0.0945. The van der Waals surface area contributed by atoms with Crippen molar-refractivity contribution >= 4 is 5.91 Å². The van der Waals surface area contributed by atoms with Crippen molar-refractivity contribution in [3.63, 3.8) is 0 Å². The van der Waals surface area contributed by atoms with Gasteiger partial charge in [-0.25, -0.2) is 0 Å². The summed E-state index contributed by atoms with van der Waals surface area (Å²) >= 11 is 0. The maximum absolute atomic E-state index is 12.3. The summed E-state index contributed by atoms with van der Waals surface area (Å²) in [6.07, 6.45) is 4.07. The molecule has 1 aliphatic heterocycles. The molecule has 0 saturated carbocycles. The summed E-state index contributed by atoms with van der Waals surface area (Å²) in [5.74, 6) is -0.171. The molecule has 24 heavy (non-hydrogen) atoms. The number of nitrogens with one attached hydrogen (secondary N) is 3. The van der Waals surface area contributed by atoms with Crippen LogP contribution in [-0.4, -0.2) is 40.3 Å². The number of rotatable bonds is 5. The normalized spacial score (nSPS) is 19.0. The first kappa shape index (κ1) is 16.4. The van der Waals surface area contributed by atoms with Gasteiger partial charge in [0.05, 0.1) is 6.04 Å². The quantitative estimate of drug-likeness (QED) is 0.764. The average Bonchev–Trinajstić information content (AvgIpc) is 3.10. The van der Waals surface area contributed by atoms with Gasteiger partial charge in [0.2, 0.25) is 5.56 Å². The van der Waals surface area contributed by atoms with Gasteiger partial charge in [0.25, 0.3) is 5.91 Å². The second kappa shape index (κ2) is 7.44. The fraction of sp³-hybridized carbons (Fsp3) is 0.471. The van der Waals surface area contributed by atoms with E-state index in [2.05, 4.69) is 20.7 Å². The van der Waals surface area contributed by atoms with E-state index < -0.39 is 0 Å². The molecule has 7 heteroatoms. The van der Waals surface area contributed by atoms with Gasteiger partial charge < -0.3 is 15.6 Å². The Kier molecular flexibility index (Phi) is 5.10. The fourth-order valence-corrected chi connectivity index (χ4v) is 2.92. The molecule has 2 aromatic heterocycles. The van der Waals surface area contributed by atoms with Crippen molar-refractivity contribution in [3.05, 3.63) is 52.2 Å². The maximum atomic E-state index is 12.3. The first-order chi connectivity index (χ1) is 11.6. The molecule has 1 saturated heterocycles. The van der Waals surface area contributed by atoms with Crippen LogP contribution in [0.1, 0.15) is 47.9 Å². The largest absolute Gasteiger partial charge is 0.350 e. The summed E-state index contributed by atoms with van der Waals surface area (Å²) < 4.78 is 1.87. The van der Waals surface area contributed by atoms with E-state index in [0.717, 1.165) is 31.6 Å². The van der Waals surface area contributed by atoms with Gasteiger partial charge in [0.1, 0.15) is 5.69 Å². The van der Waals surface area contributed by atoms with Gasteiger partial charge in [-0.2, -0.15) is 5.10 Å². The van der Waals surface area contributed by atoms with Crippen molar-refractivity contribution in [1.29, 1.82) is 0 Å². The van der Waals surface area contributed by atoms with E-state index in [4.69, 9.17) is 0 Å². The summed E-state index contributed by atoms with van der Waals surface area (Å²) in [6, 6.07) is 7.10. The molecule has 1 aliphatic rings. The van der Waals surface area contributed by atoms with E-state index in [1.807, 2.05) is 23.9 Å². The summed E-state index contributed by atoms with van der Waals surface area (Å²) in [5, 5.41) is 10.6. The average molecular weight is 329 g/mol. The molecule has 0 spiro atoms. The van der Waals surface area contributed by atoms with Crippen LogP contribution in [0, 0.1) is 0 Å². The molecule has 3 heterocycles. The molecule has 0 unspecified atom stereocenters. The van der Waals surface area contributed by atoms with Crippen LogP contribution in [0.15, 0.2) is 35.3 Å². The van der Waals surface area contributed by atoms with Gasteiger partial charge in [-0.05, 0) is 31.5 Å². The first-order valence-corrected chi connectivity index (χ1v) is 8.37. The first-order valence-electron chi connectivity index (χ1n) is 8.37. The Balaban J connectivity index is 1.57. The number of amides is 1. The molecule has 128 valence electrons. The standard InChI is InChI=1S/C17H23N5O2/c1-12(14-5-2-6-16(23)20-14)10-19-17(24)15-7-9-22(21-15)13-4-3-8-18-11-13/h2,5-7,9,12-13,18H,3-4,8,10-11H2,1H3,(H,19,24)(H,20,23)/t12-,13-/m0/s1. The number of carbonyl (C=O) groups excluding carboxylic acids is 1. The highest BCUT2D eigenvalue weighted by Gasteiger charge is 2.18. The minimum atomic E-state index is -0.192. The Morgan fingerprint density at radius 2 is 2.33 bits per heavy atom. The Morgan fingerprint density at radius 1 is 1.46 bits per heavy atom. The predicted octanol–water partition coefficient (Wildman–Crippen LogP) is 1.03. The minimum absolute atomic E-state index is 0.0208. The lowest BCUT2D eigenvalue weighted by Crippen LogP contribution is -2.32. The van der Waals surface area contributed by atoms with E-state index in [1.54, 1.807) is 12.1 Å². The lowest BCUT2D eigenvalue weighted by Gasteiger charge is -2.22. The van der Waals surface area contributed by atoms with Gasteiger partial charge in [0, 0.05) is 37.0 Å². The van der Waals surface area contributed by atoms with Gasteiger partial charge in [-0.15, -0.1) is 0 Å². The number of hydrogen-bond acceptors (Lipinski definition) is 4. The molecular weight excluding hydrogens is 306 g/mol. The maximum Gasteiger partial charge on any atom is 0.271 e. The van der Waals surface area contributed by atoms with Crippen LogP contribution in [0.3, 0.4) is 0 Å². The van der Waals surface area contributed by atoms with E-state index in [9.17, 15) is 9.59 Å². The smallest absolute Gasteiger partial charge is 0.271 e. The summed E-state index contributed by atoms with van der Waals surface area (Å²) in [7, 11) is 0.